The molecule has 0 atom stereocenters. The number of non-ortho nitro benzene ring substituents is 1. The van der Waals surface area contributed by atoms with E-state index in [0.29, 0.717) is 17.2 Å². The number of hydrogen-bond acceptors (Lipinski definition) is 5. The molecule has 28 heavy (non-hydrogen) atoms. The first-order valence-corrected chi connectivity index (χ1v) is 8.21. The van der Waals surface area contributed by atoms with Crippen molar-refractivity contribution in [1.29, 1.82) is 0 Å². The number of para-hydroxylation sites is 1. The number of nitrogens with one attached hydrogen (secondary N) is 2. The van der Waals surface area contributed by atoms with Gasteiger partial charge < -0.3 is 15.4 Å². The zero-order valence-electron chi connectivity index (χ0n) is 14.5. The summed E-state index contributed by atoms with van der Waals surface area (Å²) in [6.07, 6.45) is 0. The molecule has 0 saturated heterocycles. The summed E-state index contributed by atoms with van der Waals surface area (Å²) in [4.78, 5) is 34.2. The Morgan fingerprint density at radius 2 is 1.36 bits per heavy atom. The number of anilines is 2. The lowest BCUT2D eigenvalue weighted by atomic mass is 10.2. The van der Waals surface area contributed by atoms with Gasteiger partial charge in [-0.15, -0.1) is 0 Å². The summed E-state index contributed by atoms with van der Waals surface area (Å²) in [6, 6.07) is 21.0. The quantitative estimate of drug-likeness (QED) is 0.397. The minimum absolute atomic E-state index is 0.154. The molecule has 3 aromatic rings. The number of amides is 2. The molecule has 3 aromatic carbocycles. The lowest BCUT2D eigenvalue weighted by Crippen LogP contribution is -2.29. The number of rotatable bonds is 5. The van der Waals surface area contributed by atoms with E-state index in [2.05, 4.69) is 10.6 Å². The molecule has 0 radical (unpaired) electrons. The van der Waals surface area contributed by atoms with Gasteiger partial charge in [-0.1, -0.05) is 24.3 Å². The number of nitro groups is 1. The zero-order valence-corrected chi connectivity index (χ0v) is 14.5. The van der Waals surface area contributed by atoms with E-state index in [0.717, 1.165) is 0 Å². The molecule has 0 aromatic heterocycles. The highest BCUT2D eigenvalue weighted by molar-refractivity contribution is 6.43. The molecule has 0 saturated carbocycles. The Labute approximate surface area is 159 Å². The number of benzene rings is 3. The lowest BCUT2D eigenvalue weighted by Gasteiger charge is -2.08. The maximum Gasteiger partial charge on any atom is 0.314 e. The lowest BCUT2D eigenvalue weighted by molar-refractivity contribution is -0.384. The van der Waals surface area contributed by atoms with Crippen LogP contribution < -0.4 is 15.4 Å². The fraction of sp³-hybridized carbons (Fsp3) is 0. The molecule has 0 aliphatic carbocycles. The van der Waals surface area contributed by atoms with Crippen molar-refractivity contribution in [3.63, 3.8) is 0 Å². The summed E-state index contributed by atoms with van der Waals surface area (Å²) in [5.74, 6) is -0.589. The van der Waals surface area contributed by atoms with Gasteiger partial charge in [0.2, 0.25) is 0 Å². The zero-order chi connectivity index (χ0) is 19.9. The monoisotopic (exact) mass is 377 g/mol. The number of hydrogen-bond donors (Lipinski definition) is 2. The van der Waals surface area contributed by atoms with Crippen LogP contribution in [0.25, 0.3) is 0 Å². The average molecular weight is 377 g/mol. The van der Waals surface area contributed by atoms with Crippen molar-refractivity contribution in [2.75, 3.05) is 10.6 Å². The maximum absolute atomic E-state index is 12.0. The molecule has 0 heterocycles. The van der Waals surface area contributed by atoms with Crippen molar-refractivity contribution < 1.29 is 19.2 Å². The highest BCUT2D eigenvalue weighted by Gasteiger charge is 2.15. The van der Waals surface area contributed by atoms with Crippen molar-refractivity contribution in [2.24, 2.45) is 0 Å². The molecule has 140 valence electrons. The minimum atomic E-state index is -0.940. The third kappa shape index (κ3) is 4.92. The molecule has 0 fully saturated rings. The van der Waals surface area contributed by atoms with E-state index in [1.807, 2.05) is 30.3 Å². The highest BCUT2D eigenvalue weighted by atomic mass is 16.6. The van der Waals surface area contributed by atoms with Gasteiger partial charge in [0, 0.05) is 23.5 Å². The van der Waals surface area contributed by atoms with E-state index >= 15 is 0 Å². The maximum atomic E-state index is 12.0. The Hall–Kier alpha value is -4.20. The third-order valence-electron chi connectivity index (χ3n) is 3.61. The normalized spacial score (nSPS) is 10.0. The van der Waals surface area contributed by atoms with Crippen molar-refractivity contribution in [2.45, 2.75) is 0 Å². The van der Waals surface area contributed by atoms with Crippen LogP contribution >= 0.6 is 0 Å². The van der Waals surface area contributed by atoms with Gasteiger partial charge in [-0.2, -0.15) is 0 Å². The molecule has 8 nitrogen and oxygen atoms in total. The first kappa shape index (κ1) is 18.6. The van der Waals surface area contributed by atoms with Gasteiger partial charge in [-0.25, -0.2) is 0 Å². The van der Waals surface area contributed by atoms with Crippen LogP contribution in [-0.2, 0) is 9.59 Å². The summed E-state index contributed by atoms with van der Waals surface area (Å²) < 4.78 is 5.65. The second-order valence-corrected chi connectivity index (χ2v) is 5.66. The SMILES string of the molecule is O=C(Nc1ccc(Oc2ccccc2)cc1)C(=O)Nc1cccc([N+](=O)[O-])c1. The smallest absolute Gasteiger partial charge is 0.314 e. The van der Waals surface area contributed by atoms with Gasteiger partial charge in [0.25, 0.3) is 5.69 Å². The van der Waals surface area contributed by atoms with Gasteiger partial charge in [0.05, 0.1) is 4.92 Å². The van der Waals surface area contributed by atoms with Crippen LogP contribution in [0, 0.1) is 10.1 Å². The Balaban J connectivity index is 1.58. The minimum Gasteiger partial charge on any atom is -0.457 e. The van der Waals surface area contributed by atoms with Gasteiger partial charge in [-0.05, 0) is 42.5 Å². The molecular formula is C20H15N3O5. The topological polar surface area (TPSA) is 111 Å². The molecule has 3 rings (SSSR count). The van der Waals surface area contributed by atoms with Gasteiger partial charge in [0.15, 0.2) is 0 Å². The van der Waals surface area contributed by atoms with Crippen LogP contribution in [0.3, 0.4) is 0 Å². The third-order valence-corrected chi connectivity index (χ3v) is 3.61. The van der Waals surface area contributed by atoms with Gasteiger partial charge in [0.1, 0.15) is 11.5 Å². The van der Waals surface area contributed by atoms with Crippen LogP contribution in [0.5, 0.6) is 11.5 Å². The van der Waals surface area contributed by atoms with E-state index in [1.165, 1.54) is 24.3 Å². The molecule has 0 aliphatic heterocycles. The summed E-state index contributed by atoms with van der Waals surface area (Å²) in [5.41, 5.74) is 0.368. The number of nitro benzene ring substituents is 1. The van der Waals surface area contributed by atoms with Crippen molar-refractivity contribution in [3.05, 3.63) is 89.0 Å². The number of carbonyl (C=O) groups excluding carboxylic acids is 2. The second-order valence-electron chi connectivity index (χ2n) is 5.66. The average Bonchev–Trinajstić information content (AvgIpc) is 2.70. The molecule has 0 unspecified atom stereocenters. The van der Waals surface area contributed by atoms with E-state index < -0.39 is 16.7 Å². The number of ether oxygens (including phenoxy) is 1. The van der Waals surface area contributed by atoms with Crippen molar-refractivity contribution >= 4 is 28.9 Å². The molecule has 0 spiro atoms. The van der Waals surface area contributed by atoms with E-state index in [-0.39, 0.29) is 11.4 Å². The van der Waals surface area contributed by atoms with Crippen molar-refractivity contribution in [1.82, 2.24) is 0 Å². The summed E-state index contributed by atoms with van der Waals surface area (Å²) in [7, 11) is 0. The van der Waals surface area contributed by atoms with E-state index in [9.17, 15) is 19.7 Å². The first-order chi connectivity index (χ1) is 13.5. The van der Waals surface area contributed by atoms with E-state index in [4.69, 9.17) is 4.74 Å². The predicted octanol–water partition coefficient (Wildman–Crippen LogP) is 3.96. The Morgan fingerprint density at radius 1 is 0.750 bits per heavy atom. The highest BCUT2D eigenvalue weighted by Crippen LogP contribution is 2.22. The second kappa shape index (κ2) is 8.45. The predicted molar refractivity (Wildman–Crippen MR) is 103 cm³/mol. The van der Waals surface area contributed by atoms with Crippen LogP contribution in [0.1, 0.15) is 0 Å². The van der Waals surface area contributed by atoms with E-state index in [1.54, 1.807) is 24.3 Å². The Bertz CT molecular complexity index is 1000. The Kier molecular flexibility index (Phi) is 5.61. The molecule has 2 N–H and O–H groups in total. The number of carbonyl (C=O) groups is 2. The fourth-order valence-corrected chi connectivity index (χ4v) is 2.30. The largest absolute Gasteiger partial charge is 0.457 e. The fourth-order valence-electron chi connectivity index (χ4n) is 2.30. The summed E-state index contributed by atoms with van der Waals surface area (Å²) >= 11 is 0. The van der Waals surface area contributed by atoms with Crippen LogP contribution in [0.2, 0.25) is 0 Å². The Morgan fingerprint density at radius 3 is 2.00 bits per heavy atom. The molecule has 2 amide bonds. The van der Waals surface area contributed by atoms with Crippen molar-refractivity contribution in [3.8, 4) is 11.5 Å². The molecule has 0 aliphatic rings. The van der Waals surface area contributed by atoms with Crippen LogP contribution in [0.15, 0.2) is 78.9 Å². The van der Waals surface area contributed by atoms with Crippen LogP contribution in [-0.4, -0.2) is 16.7 Å². The van der Waals surface area contributed by atoms with Gasteiger partial charge in [-0.3, -0.25) is 19.7 Å². The summed E-state index contributed by atoms with van der Waals surface area (Å²) in [6.45, 7) is 0. The first-order valence-electron chi connectivity index (χ1n) is 8.21. The molecule has 0 bridgehead atoms. The molecule has 8 heteroatoms. The van der Waals surface area contributed by atoms with Crippen LogP contribution in [0.4, 0.5) is 17.1 Å². The summed E-state index contributed by atoms with van der Waals surface area (Å²) in [5, 5.41) is 15.5. The molecular weight excluding hydrogens is 362 g/mol. The van der Waals surface area contributed by atoms with Gasteiger partial charge >= 0.3 is 11.8 Å². The standard InChI is InChI=1S/C20H15N3O5/c24-19(20(25)22-15-5-4-6-16(13-15)23(26)27)21-14-9-11-18(12-10-14)28-17-7-2-1-3-8-17/h1-13H,(H,21,24)(H,22,25). The number of nitrogens with zero attached hydrogens (tertiary/aromatic N) is 1.